The summed E-state index contributed by atoms with van der Waals surface area (Å²) in [6.07, 6.45) is 1.05. The molecule has 0 aliphatic rings. The summed E-state index contributed by atoms with van der Waals surface area (Å²) in [6.45, 7) is 0.281. The van der Waals surface area contributed by atoms with Gasteiger partial charge < -0.3 is 20.1 Å². The molecule has 0 saturated carbocycles. The molecule has 8 nitrogen and oxygen atoms in total. The molecule has 0 aliphatic carbocycles. The van der Waals surface area contributed by atoms with E-state index in [-0.39, 0.29) is 13.1 Å². The molecule has 1 aromatic rings. The molecule has 0 aliphatic heterocycles. The van der Waals surface area contributed by atoms with Crippen LogP contribution in [-0.4, -0.2) is 48.0 Å². The van der Waals surface area contributed by atoms with Crippen molar-refractivity contribution in [1.29, 1.82) is 0 Å². The van der Waals surface area contributed by atoms with E-state index in [0.29, 0.717) is 17.2 Å². The van der Waals surface area contributed by atoms with Crippen molar-refractivity contribution in [1.82, 2.24) is 10.0 Å². The highest BCUT2D eigenvalue weighted by Crippen LogP contribution is 2.28. The molecule has 2 amide bonds. The van der Waals surface area contributed by atoms with Gasteiger partial charge in [-0.15, -0.1) is 0 Å². The van der Waals surface area contributed by atoms with Crippen LogP contribution < -0.4 is 24.8 Å². The van der Waals surface area contributed by atoms with Crippen molar-refractivity contribution < 1.29 is 22.7 Å². The van der Waals surface area contributed by atoms with Crippen LogP contribution in [0.1, 0.15) is 0 Å². The highest BCUT2D eigenvalue weighted by Gasteiger charge is 2.08. The number of sulfonamides is 1. The summed E-state index contributed by atoms with van der Waals surface area (Å²) >= 11 is 0. The number of urea groups is 1. The molecule has 0 saturated heterocycles. The molecular weight excluding hydrogens is 298 g/mol. The molecule has 0 unspecified atom stereocenters. The predicted octanol–water partition coefficient (Wildman–Crippen LogP) is 0.374. The van der Waals surface area contributed by atoms with Crippen LogP contribution in [0.5, 0.6) is 11.5 Å². The van der Waals surface area contributed by atoms with Crippen LogP contribution in [0.25, 0.3) is 0 Å². The van der Waals surface area contributed by atoms with E-state index >= 15 is 0 Å². The highest BCUT2D eigenvalue weighted by molar-refractivity contribution is 7.88. The van der Waals surface area contributed by atoms with Gasteiger partial charge in [-0.2, -0.15) is 0 Å². The molecular formula is C12H19N3O5S. The Bertz CT molecular complexity index is 589. The Morgan fingerprint density at radius 3 is 2.48 bits per heavy atom. The first-order valence-electron chi connectivity index (χ1n) is 6.07. The summed E-state index contributed by atoms with van der Waals surface area (Å²) in [5.41, 5.74) is 0.479. The van der Waals surface area contributed by atoms with Gasteiger partial charge >= 0.3 is 6.03 Å². The minimum absolute atomic E-state index is 0.117. The first-order valence-corrected chi connectivity index (χ1v) is 7.96. The minimum Gasteiger partial charge on any atom is -0.497 e. The summed E-state index contributed by atoms with van der Waals surface area (Å²) in [7, 11) is -0.244. The molecule has 9 heteroatoms. The monoisotopic (exact) mass is 317 g/mol. The van der Waals surface area contributed by atoms with Gasteiger partial charge in [0.15, 0.2) is 0 Å². The fraction of sp³-hybridized carbons (Fsp3) is 0.417. The number of nitrogens with one attached hydrogen (secondary N) is 3. The van der Waals surface area contributed by atoms with Crippen LogP contribution in [0.4, 0.5) is 10.5 Å². The van der Waals surface area contributed by atoms with Crippen molar-refractivity contribution in [2.75, 3.05) is 38.9 Å². The standard InChI is InChI=1S/C12H19N3O5S/c1-19-9-4-5-10(11(8-9)20-2)15-12(16)13-6-7-14-21(3,17)18/h4-5,8,14H,6-7H2,1-3H3,(H2,13,15,16). The van der Waals surface area contributed by atoms with Crippen LogP contribution >= 0.6 is 0 Å². The number of anilines is 1. The number of ether oxygens (including phenoxy) is 2. The van der Waals surface area contributed by atoms with Gasteiger partial charge in [0.25, 0.3) is 0 Å². The molecule has 0 bridgehead atoms. The molecule has 118 valence electrons. The lowest BCUT2D eigenvalue weighted by Gasteiger charge is -2.12. The maximum atomic E-state index is 11.7. The third-order valence-corrected chi connectivity index (χ3v) is 3.16. The zero-order valence-corrected chi connectivity index (χ0v) is 12.9. The smallest absolute Gasteiger partial charge is 0.319 e. The number of amides is 2. The van der Waals surface area contributed by atoms with Crippen molar-refractivity contribution in [2.45, 2.75) is 0 Å². The molecule has 0 heterocycles. The Labute approximate surface area is 123 Å². The summed E-state index contributed by atoms with van der Waals surface area (Å²) in [5.74, 6) is 1.06. The van der Waals surface area contributed by atoms with Crippen molar-refractivity contribution in [3.63, 3.8) is 0 Å². The van der Waals surface area contributed by atoms with Crippen molar-refractivity contribution in [3.05, 3.63) is 18.2 Å². The van der Waals surface area contributed by atoms with Gasteiger partial charge in [-0.05, 0) is 12.1 Å². The lowest BCUT2D eigenvalue weighted by molar-refractivity contribution is 0.252. The number of hydrogen-bond acceptors (Lipinski definition) is 5. The minimum atomic E-state index is -3.25. The van der Waals surface area contributed by atoms with E-state index in [1.54, 1.807) is 18.2 Å². The quantitative estimate of drug-likeness (QED) is 0.630. The summed E-state index contributed by atoms with van der Waals surface area (Å²) in [4.78, 5) is 11.7. The van der Waals surface area contributed by atoms with Gasteiger partial charge in [-0.1, -0.05) is 0 Å². The Hall–Kier alpha value is -2.00. The topological polar surface area (TPSA) is 106 Å². The second kappa shape index (κ2) is 7.70. The van der Waals surface area contributed by atoms with E-state index in [9.17, 15) is 13.2 Å². The van der Waals surface area contributed by atoms with Gasteiger partial charge in [-0.25, -0.2) is 17.9 Å². The van der Waals surface area contributed by atoms with Crippen LogP contribution in [0, 0.1) is 0 Å². The second-order valence-electron chi connectivity index (χ2n) is 4.11. The maximum Gasteiger partial charge on any atom is 0.319 e. The number of benzene rings is 1. The van der Waals surface area contributed by atoms with Gasteiger partial charge in [0.1, 0.15) is 11.5 Å². The average molecular weight is 317 g/mol. The average Bonchev–Trinajstić information content (AvgIpc) is 2.43. The second-order valence-corrected chi connectivity index (χ2v) is 5.95. The Morgan fingerprint density at radius 2 is 1.90 bits per heavy atom. The lowest BCUT2D eigenvalue weighted by Crippen LogP contribution is -2.36. The number of carbonyl (C=O) groups excluding carboxylic acids is 1. The fourth-order valence-electron chi connectivity index (χ4n) is 1.48. The largest absolute Gasteiger partial charge is 0.497 e. The number of methoxy groups -OCH3 is 2. The van der Waals surface area contributed by atoms with Gasteiger partial charge in [0, 0.05) is 19.2 Å². The molecule has 0 fully saturated rings. The van der Waals surface area contributed by atoms with Gasteiger partial charge in [0.2, 0.25) is 10.0 Å². The maximum absolute atomic E-state index is 11.7. The van der Waals surface area contributed by atoms with Crippen LogP contribution in [-0.2, 0) is 10.0 Å². The normalized spacial score (nSPS) is 10.8. The Balaban J connectivity index is 2.51. The van der Waals surface area contributed by atoms with Crippen molar-refractivity contribution >= 4 is 21.7 Å². The van der Waals surface area contributed by atoms with E-state index in [1.807, 2.05) is 0 Å². The molecule has 3 N–H and O–H groups in total. The molecule has 0 aromatic heterocycles. The van der Waals surface area contributed by atoms with Crippen molar-refractivity contribution in [2.24, 2.45) is 0 Å². The first-order chi connectivity index (χ1) is 9.85. The van der Waals surface area contributed by atoms with Gasteiger partial charge in [-0.3, -0.25) is 0 Å². The zero-order valence-electron chi connectivity index (χ0n) is 12.1. The Kier molecular flexibility index (Phi) is 6.25. The molecule has 1 rings (SSSR count). The first kappa shape index (κ1) is 17.1. The Morgan fingerprint density at radius 1 is 1.19 bits per heavy atom. The number of carbonyl (C=O) groups is 1. The SMILES string of the molecule is COc1ccc(NC(=O)NCCNS(C)(=O)=O)c(OC)c1. The van der Waals surface area contributed by atoms with E-state index in [0.717, 1.165) is 6.26 Å². The van der Waals surface area contributed by atoms with Crippen LogP contribution in [0.2, 0.25) is 0 Å². The molecule has 0 atom stereocenters. The number of rotatable bonds is 7. The third kappa shape index (κ3) is 6.32. The van der Waals surface area contributed by atoms with Crippen LogP contribution in [0.3, 0.4) is 0 Å². The third-order valence-electron chi connectivity index (χ3n) is 2.43. The predicted molar refractivity (Wildman–Crippen MR) is 79.4 cm³/mol. The highest BCUT2D eigenvalue weighted by atomic mass is 32.2. The summed E-state index contributed by atoms with van der Waals surface area (Å²) in [5, 5.41) is 5.12. The molecule has 21 heavy (non-hydrogen) atoms. The van der Waals surface area contributed by atoms with Gasteiger partial charge in [0.05, 0.1) is 26.2 Å². The van der Waals surface area contributed by atoms with Crippen molar-refractivity contribution in [3.8, 4) is 11.5 Å². The summed E-state index contributed by atoms with van der Waals surface area (Å²) in [6, 6.07) is 4.50. The zero-order chi connectivity index (χ0) is 15.9. The van der Waals surface area contributed by atoms with E-state index in [4.69, 9.17) is 9.47 Å². The van der Waals surface area contributed by atoms with Crippen LogP contribution in [0.15, 0.2) is 18.2 Å². The fourth-order valence-corrected chi connectivity index (χ4v) is 1.95. The molecule has 1 aromatic carbocycles. The lowest BCUT2D eigenvalue weighted by atomic mass is 10.2. The van der Waals surface area contributed by atoms with E-state index in [2.05, 4.69) is 15.4 Å². The number of hydrogen-bond donors (Lipinski definition) is 3. The van der Waals surface area contributed by atoms with E-state index < -0.39 is 16.1 Å². The summed E-state index contributed by atoms with van der Waals surface area (Å²) < 4.78 is 34.2. The molecule has 0 spiro atoms. The molecule has 0 radical (unpaired) electrons. The van der Waals surface area contributed by atoms with E-state index in [1.165, 1.54) is 14.2 Å².